The number of ether oxygens (including phenoxy) is 1. The summed E-state index contributed by atoms with van der Waals surface area (Å²) in [5.41, 5.74) is 0. The average Bonchev–Trinajstić information content (AvgIpc) is 2.83. The zero-order valence-corrected chi connectivity index (χ0v) is 10.4. The number of amides is 1. The number of carbonyl (C=O) groups excluding carboxylic acids is 1. The van der Waals surface area contributed by atoms with Crippen LogP contribution in [0.4, 0.5) is 0 Å². The van der Waals surface area contributed by atoms with Gasteiger partial charge in [-0.1, -0.05) is 30.0 Å². The van der Waals surface area contributed by atoms with Gasteiger partial charge in [0.1, 0.15) is 5.75 Å². The van der Waals surface area contributed by atoms with Crippen molar-refractivity contribution in [3.63, 3.8) is 0 Å². The molecule has 1 N–H and O–H groups in total. The Hall–Kier alpha value is -1.49. The highest BCUT2D eigenvalue weighted by atomic mass is 32.2. The van der Waals surface area contributed by atoms with Gasteiger partial charge in [-0.2, -0.15) is 0 Å². The number of carbonyl (C=O) groups is 1. The van der Waals surface area contributed by atoms with Crippen LogP contribution in [0.2, 0.25) is 0 Å². The van der Waals surface area contributed by atoms with Gasteiger partial charge in [0.05, 0.1) is 6.54 Å². The normalized spacial score (nSPS) is 16.2. The maximum absolute atomic E-state index is 11.8. The molecule has 0 fully saturated rings. The Morgan fingerprint density at radius 1 is 1.47 bits per heavy atom. The van der Waals surface area contributed by atoms with Crippen LogP contribution in [0.15, 0.2) is 35.3 Å². The van der Waals surface area contributed by atoms with Crippen molar-refractivity contribution in [3.05, 3.63) is 30.3 Å². The molecule has 0 spiro atoms. The van der Waals surface area contributed by atoms with E-state index in [0.29, 0.717) is 10.9 Å². The molecule has 90 valence electrons. The van der Waals surface area contributed by atoms with E-state index < -0.39 is 6.10 Å². The molecule has 1 aromatic rings. The van der Waals surface area contributed by atoms with Crippen molar-refractivity contribution in [1.29, 1.82) is 0 Å². The SMILES string of the molecule is CC(Oc1ccccc1)C(=O)NC1=NCCS1. The van der Waals surface area contributed by atoms with Crippen molar-refractivity contribution >= 4 is 22.8 Å². The average molecular weight is 250 g/mol. The molecule has 0 radical (unpaired) electrons. The summed E-state index contributed by atoms with van der Waals surface area (Å²) in [5, 5.41) is 3.44. The number of hydrogen-bond acceptors (Lipinski definition) is 4. The molecule has 1 atom stereocenters. The summed E-state index contributed by atoms with van der Waals surface area (Å²) in [6.45, 7) is 2.50. The van der Waals surface area contributed by atoms with Gasteiger partial charge in [0.25, 0.3) is 5.91 Å². The molecule has 0 bridgehead atoms. The first-order valence-electron chi connectivity index (χ1n) is 5.45. The van der Waals surface area contributed by atoms with Gasteiger partial charge in [0.2, 0.25) is 0 Å². The second kappa shape index (κ2) is 5.72. The van der Waals surface area contributed by atoms with Crippen LogP contribution < -0.4 is 10.1 Å². The monoisotopic (exact) mass is 250 g/mol. The van der Waals surface area contributed by atoms with E-state index >= 15 is 0 Å². The van der Waals surface area contributed by atoms with Crippen LogP contribution in [0, 0.1) is 0 Å². The Morgan fingerprint density at radius 3 is 2.88 bits per heavy atom. The molecule has 1 unspecified atom stereocenters. The zero-order chi connectivity index (χ0) is 12.1. The molecule has 1 heterocycles. The van der Waals surface area contributed by atoms with Crippen molar-refractivity contribution in [2.45, 2.75) is 13.0 Å². The molecule has 1 aliphatic heterocycles. The van der Waals surface area contributed by atoms with Crippen LogP contribution in [0.3, 0.4) is 0 Å². The zero-order valence-electron chi connectivity index (χ0n) is 9.55. The number of thioether (sulfide) groups is 1. The summed E-state index contributed by atoms with van der Waals surface area (Å²) in [4.78, 5) is 15.9. The molecule has 2 rings (SSSR count). The largest absolute Gasteiger partial charge is 0.481 e. The van der Waals surface area contributed by atoms with E-state index in [4.69, 9.17) is 4.74 Å². The molecule has 0 aliphatic carbocycles. The molecule has 0 saturated heterocycles. The molecular weight excluding hydrogens is 236 g/mol. The van der Waals surface area contributed by atoms with Gasteiger partial charge in [-0.25, -0.2) is 0 Å². The summed E-state index contributed by atoms with van der Waals surface area (Å²) in [5.74, 6) is 1.46. The number of nitrogens with one attached hydrogen (secondary N) is 1. The minimum Gasteiger partial charge on any atom is -0.481 e. The summed E-state index contributed by atoms with van der Waals surface area (Å²) < 4.78 is 5.51. The van der Waals surface area contributed by atoms with Gasteiger partial charge in [-0.15, -0.1) is 0 Å². The first-order valence-corrected chi connectivity index (χ1v) is 6.44. The molecule has 4 nitrogen and oxygen atoms in total. The Balaban J connectivity index is 1.87. The number of nitrogens with zero attached hydrogens (tertiary/aromatic N) is 1. The Morgan fingerprint density at radius 2 is 2.24 bits per heavy atom. The quantitative estimate of drug-likeness (QED) is 0.888. The summed E-state index contributed by atoms with van der Waals surface area (Å²) in [6, 6.07) is 9.30. The third-order valence-electron chi connectivity index (χ3n) is 2.24. The topological polar surface area (TPSA) is 50.7 Å². The molecule has 17 heavy (non-hydrogen) atoms. The Kier molecular flexibility index (Phi) is 4.03. The highest BCUT2D eigenvalue weighted by Gasteiger charge is 2.18. The van der Waals surface area contributed by atoms with Gasteiger partial charge >= 0.3 is 0 Å². The molecule has 5 heteroatoms. The minimum absolute atomic E-state index is 0.165. The maximum atomic E-state index is 11.8. The van der Waals surface area contributed by atoms with E-state index in [2.05, 4.69) is 10.3 Å². The first-order chi connectivity index (χ1) is 8.25. The lowest BCUT2D eigenvalue weighted by Crippen LogP contribution is -2.38. The minimum atomic E-state index is -0.527. The van der Waals surface area contributed by atoms with Crippen molar-refractivity contribution in [2.24, 2.45) is 4.99 Å². The number of benzene rings is 1. The fraction of sp³-hybridized carbons (Fsp3) is 0.333. The first kappa shape index (κ1) is 12.0. The lowest BCUT2D eigenvalue weighted by molar-refractivity contribution is -0.125. The number of para-hydroxylation sites is 1. The van der Waals surface area contributed by atoms with E-state index in [-0.39, 0.29) is 5.91 Å². The smallest absolute Gasteiger partial charge is 0.266 e. The number of aliphatic imine (C=N–C) groups is 1. The van der Waals surface area contributed by atoms with E-state index in [1.165, 1.54) is 0 Å². The molecule has 1 amide bonds. The number of amidine groups is 1. The van der Waals surface area contributed by atoms with Crippen LogP contribution in [0.1, 0.15) is 6.92 Å². The fourth-order valence-electron chi connectivity index (χ4n) is 1.37. The molecule has 1 aliphatic rings. The van der Waals surface area contributed by atoms with Crippen LogP contribution >= 0.6 is 11.8 Å². The molecule has 0 aromatic heterocycles. The second-order valence-electron chi connectivity index (χ2n) is 3.60. The van der Waals surface area contributed by atoms with Gasteiger partial charge in [-0.05, 0) is 19.1 Å². The third kappa shape index (κ3) is 3.49. The third-order valence-corrected chi connectivity index (χ3v) is 3.13. The van der Waals surface area contributed by atoms with Crippen LogP contribution in [-0.4, -0.2) is 29.5 Å². The highest BCUT2D eigenvalue weighted by Crippen LogP contribution is 2.12. The maximum Gasteiger partial charge on any atom is 0.266 e. The van der Waals surface area contributed by atoms with Crippen LogP contribution in [0.5, 0.6) is 5.75 Å². The van der Waals surface area contributed by atoms with Crippen molar-refractivity contribution in [3.8, 4) is 5.75 Å². The Labute approximate surface area is 104 Å². The van der Waals surface area contributed by atoms with E-state index in [1.54, 1.807) is 18.7 Å². The lowest BCUT2D eigenvalue weighted by atomic mass is 10.3. The highest BCUT2D eigenvalue weighted by molar-refractivity contribution is 8.14. The van der Waals surface area contributed by atoms with Crippen LogP contribution in [-0.2, 0) is 4.79 Å². The predicted molar refractivity (Wildman–Crippen MR) is 69.4 cm³/mol. The number of rotatable bonds is 3. The van der Waals surface area contributed by atoms with E-state index in [1.807, 2.05) is 30.3 Å². The van der Waals surface area contributed by atoms with Gasteiger partial charge in [0.15, 0.2) is 11.3 Å². The summed E-state index contributed by atoms with van der Waals surface area (Å²) >= 11 is 1.56. The molecule has 1 aromatic carbocycles. The van der Waals surface area contributed by atoms with Gasteiger partial charge in [0, 0.05) is 5.75 Å². The summed E-state index contributed by atoms with van der Waals surface area (Å²) in [6.07, 6.45) is -0.527. The van der Waals surface area contributed by atoms with Gasteiger partial charge in [-0.3, -0.25) is 9.79 Å². The molecule has 0 saturated carbocycles. The number of hydrogen-bond donors (Lipinski definition) is 1. The standard InChI is InChI=1S/C12H14N2O2S/c1-9(16-10-5-3-2-4-6-10)11(15)14-12-13-7-8-17-12/h2-6,9H,7-8H2,1H3,(H,13,14,15). The van der Waals surface area contributed by atoms with Crippen molar-refractivity contribution < 1.29 is 9.53 Å². The summed E-state index contributed by atoms with van der Waals surface area (Å²) in [7, 11) is 0. The second-order valence-corrected chi connectivity index (χ2v) is 4.68. The van der Waals surface area contributed by atoms with E-state index in [9.17, 15) is 4.79 Å². The lowest BCUT2D eigenvalue weighted by Gasteiger charge is -2.14. The van der Waals surface area contributed by atoms with Gasteiger partial charge < -0.3 is 10.1 Å². The predicted octanol–water partition coefficient (Wildman–Crippen LogP) is 1.67. The van der Waals surface area contributed by atoms with Crippen molar-refractivity contribution in [1.82, 2.24) is 5.32 Å². The van der Waals surface area contributed by atoms with Crippen LogP contribution in [0.25, 0.3) is 0 Å². The fourth-order valence-corrected chi connectivity index (χ4v) is 2.11. The molecular formula is C12H14N2O2S. The van der Waals surface area contributed by atoms with E-state index in [0.717, 1.165) is 12.3 Å². The van der Waals surface area contributed by atoms with Crippen molar-refractivity contribution in [2.75, 3.05) is 12.3 Å². The Bertz CT molecular complexity index is 420.